The molecule has 0 aliphatic carbocycles. The number of anilines is 1. The molecule has 3 rings (SSSR count). The summed E-state index contributed by atoms with van der Waals surface area (Å²) >= 11 is 0. The maximum absolute atomic E-state index is 4.53. The Kier molecular flexibility index (Phi) is 3.36. The molecule has 0 unspecified atom stereocenters. The first-order valence-electron chi connectivity index (χ1n) is 5.13. The lowest BCUT2D eigenvalue weighted by molar-refractivity contribution is 1.40. The lowest BCUT2D eigenvalue weighted by atomic mass is 10.3. The molecular weight excluding hydrogens is 267 g/mol. The van der Waals surface area contributed by atoms with Gasteiger partial charge in [0.15, 0.2) is 0 Å². The number of benzene rings is 2. The largest absolute Gasteiger partial charge is 0.322 e. The Morgan fingerprint density at radius 1 is 0.882 bits per heavy atom. The van der Waals surface area contributed by atoms with E-state index in [1.54, 1.807) is 21.6 Å². The van der Waals surface area contributed by atoms with Crippen LogP contribution in [-0.2, 0) is 0 Å². The van der Waals surface area contributed by atoms with Crippen molar-refractivity contribution in [2.75, 3.05) is 5.09 Å². The standard InChI is InChI=1S/C12H9N2PS2/c1-3-7-11-9(5-1)13-15-14-10-6-2-4-8-12(10)17-16-11/h1-8H,(H,13,14). The quantitative estimate of drug-likeness (QED) is 0.501. The zero-order valence-corrected chi connectivity index (χ0v) is 11.4. The molecule has 2 aromatic carbocycles. The first kappa shape index (κ1) is 11.1. The van der Waals surface area contributed by atoms with E-state index in [9.17, 15) is 0 Å². The molecule has 0 aromatic heterocycles. The van der Waals surface area contributed by atoms with Crippen molar-refractivity contribution >= 4 is 41.5 Å². The summed E-state index contributed by atoms with van der Waals surface area (Å²) in [7, 11) is 4.40. The van der Waals surface area contributed by atoms with Crippen molar-refractivity contribution in [3.8, 4) is 0 Å². The maximum atomic E-state index is 4.53. The second kappa shape index (κ2) is 5.13. The van der Waals surface area contributed by atoms with Crippen LogP contribution in [0.25, 0.3) is 0 Å². The molecule has 0 spiro atoms. The van der Waals surface area contributed by atoms with Crippen molar-refractivity contribution in [2.24, 2.45) is 4.74 Å². The van der Waals surface area contributed by atoms with E-state index >= 15 is 0 Å². The molecule has 0 saturated carbocycles. The van der Waals surface area contributed by atoms with Crippen LogP contribution >= 0.6 is 30.1 Å². The third kappa shape index (κ3) is 2.49. The monoisotopic (exact) mass is 276 g/mol. The van der Waals surface area contributed by atoms with Crippen molar-refractivity contribution in [1.82, 2.24) is 0 Å². The lowest BCUT2D eigenvalue weighted by Crippen LogP contribution is -1.81. The number of nitrogens with zero attached hydrogens (tertiary/aromatic N) is 1. The molecule has 0 bridgehead atoms. The van der Waals surface area contributed by atoms with Crippen molar-refractivity contribution in [3.63, 3.8) is 0 Å². The van der Waals surface area contributed by atoms with Gasteiger partial charge in [-0.2, -0.15) is 0 Å². The van der Waals surface area contributed by atoms with Gasteiger partial charge in [-0.1, -0.05) is 45.9 Å². The molecule has 84 valence electrons. The van der Waals surface area contributed by atoms with Crippen molar-refractivity contribution in [2.45, 2.75) is 9.79 Å². The van der Waals surface area contributed by atoms with Crippen LogP contribution in [0, 0.1) is 0 Å². The molecule has 0 fully saturated rings. The van der Waals surface area contributed by atoms with Crippen LogP contribution in [0.5, 0.6) is 0 Å². The third-order valence-electron chi connectivity index (χ3n) is 2.30. The predicted octanol–water partition coefficient (Wildman–Crippen LogP) is 5.59. The summed E-state index contributed by atoms with van der Waals surface area (Å²) < 4.78 is 4.53. The minimum Gasteiger partial charge on any atom is -0.322 e. The molecule has 0 radical (unpaired) electrons. The molecular formula is C12H9N2PS2. The van der Waals surface area contributed by atoms with E-state index in [1.807, 2.05) is 18.2 Å². The lowest BCUT2D eigenvalue weighted by Gasteiger charge is -2.05. The Morgan fingerprint density at radius 2 is 1.59 bits per heavy atom. The van der Waals surface area contributed by atoms with Gasteiger partial charge >= 0.3 is 0 Å². The Balaban J connectivity index is 2.01. The first-order chi connectivity index (χ1) is 8.43. The van der Waals surface area contributed by atoms with Crippen LogP contribution in [0.3, 0.4) is 0 Å². The van der Waals surface area contributed by atoms with Gasteiger partial charge in [-0.05, 0) is 24.3 Å². The van der Waals surface area contributed by atoms with Crippen molar-refractivity contribution in [3.05, 3.63) is 48.5 Å². The second-order valence-electron chi connectivity index (χ2n) is 3.44. The molecule has 0 saturated heterocycles. The number of nitrogens with one attached hydrogen (secondary N) is 1. The highest BCUT2D eigenvalue weighted by atomic mass is 33.1. The van der Waals surface area contributed by atoms with Gasteiger partial charge < -0.3 is 5.09 Å². The van der Waals surface area contributed by atoms with Gasteiger partial charge in [0.1, 0.15) is 8.52 Å². The summed E-state index contributed by atoms with van der Waals surface area (Å²) in [6, 6.07) is 16.5. The number of para-hydroxylation sites is 1. The average molecular weight is 276 g/mol. The van der Waals surface area contributed by atoms with E-state index in [4.69, 9.17) is 0 Å². The highest BCUT2D eigenvalue weighted by molar-refractivity contribution is 8.76. The van der Waals surface area contributed by atoms with Gasteiger partial charge in [-0.15, -0.1) is 0 Å². The fourth-order valence-electron chi connectivity index (χ4n) is 1.46. The molecule has 0 atom stereocenters. The van der Waals surface area contributed by atoms with Crippen molar-refractivity contribution in [1.29, 1.82) is 0 Å². The highest BCUT2D eigenvalue weighted by Gasteiger charge is 2.08. The number of fused-ring (bicyclic) bond motifs is 2. The van der Waals surface area contributed by atoms with E-state index in [0.29, 0.717) is 0 Å². The van der Waals surface area contributed by atoms with Crippen LogP contribution in [0.1, 0.15) is 0 Å². The Labute approximate surface area is 110 Å². The fraction of sp³-hybridized carbons (Fsp3) is 0. The fourth-order valence-corrected chi connectivity index (χ4v) is 4.50. The van der Waals surface area contributed by atoms with E-state index in [1.165, 1.54) is 9.79 Å². The molecule has 1 aliphatic heterocycles. The minimum absolute atomic E-state index is 0.872. The number of rotatable bonds is 0. The molecule has 0 amide bonds. The zero-order valence-electron chi connectivity index (χ0n) is 8.83. The molecule has 17 heavy (non-hydrogen) atoms. The molecule has 1 heterocycles. The van der Waals surface area contributed by atoms with Gasteiger partial charge in [0.2, 0.25) is 0 Å². The first-order valence-corrected chi connectivity index (χ1v) is 8.12. The van der Waals surface area contributed by atoms with Crippen molar-refractivity contribution < 1.29 is 0 Å². The number of hydrogen-bond acceptors (Lipinski definition) is 4. The summed E-state index contributed by atoms with van der Waals surface area (Å²) in [5.41, 5.74) is 2.19. The van der Waals surface area contributed by atoms with Gasteiger partial charge in [0.25, 0.3) is 0 Å². The van der Waals surface area contributed by atoms with E-state index < -0.39 is 0 Å². The van der Waals surface area contributed by atoms with Gasteiger partial charge in [0, 0.05) is 9.79 Å². The molecule has 1 aliphatic rings. The summed E-state index contributed by atoms with van der Waals surface area (Å²) in [6.45, 7) is 0. The molecule has 2 aromatic rings. The van der Waals surface area contributed by atoms with Gasteiger partial charge in [0.05, 0.1) is 11.4 Å². The van der Waals surface area contributed by atoms with E-state index in [0.717, 1.165) is 19.9 Å². The van der Waals surface area contributed by atoms with Crippen LogP contribution in [-0.4, -0.2) is 0 Å². The highest BCUT2D eigenvalue weighted by Crippen LogP contribution is 2.46. The SMILES string of the molecule is c1ccc2c(c1)N=PNc1ccccc1SS2. The summed E-state index contributed by atoms with van der Waals surface area (Å²) in [5, 5.41) is 3.32. The summed E-state index contributed by atoms with van der Waals surface area (Å²) in [6.07, 6.45) is 0. The maximum Gasteiger partial charge on any atom is 0.130 e. The summed E-state index contributed by atoms with van der Waals surface area (Å²) in [5.74, 6) is 0. The topological polar surface area (TPSA) is 24.4 Å². The van der Waals surface area contributed by atoms with Crippen LogP contribution < -0.4 is 5.09 Å². The van der Waals surface area contributed by atoms with Crippen LogP contribution in [0.2, 0.25) is 0 Å². The van der Waals surface area contributed by atoms with Gasteiger partial charge in [-0.25, -0.2) is 4.74 Å². The second-order valence-corrected chi connectivity index (χ2v) is 6.28. The molecule has 2 nitrogen and oxygen atoms in total. The predicted molar refractivity (Wildman–Crippen MR) is 77.2 cm³/mol. The van der Waals surface area contributed by atoms with Crippen LogP contribution in [0.15, 0.2) is 63.1 Å². The van der Waals surface area contributed by atoms with E-state index in [2.05, 4.69) is 40.2 Å². The Morgan fingerprint density at radius 3 is 2.53 bits per heavy atom. The number of hydrogen-bond donors (Lipinski definition) is 1. The van der Waals surface area contributed by atoms with Gasteiger partial charge in [-0.3, -0.25) is 0 Å². The van der Waals surface area contributed by atoms with E-state index in [-0.39, 0.29) is 0 Å². The average Bonchev–Trinajstić information content (AvgIpc) is 2.47. The zero-order chi connectivity index (χ0) is 11.5. The smallest absolute Gasteiger partial charge is 0.130 e. The Hall–Kier alpha value is -0.960. The third-order valence-corrected chi connectivity index (χ3v) is 5.43. The molecule has 1 N–H and O–H groups in total. The Bertz CT molecular complexity index is 572. The minimum atomic E-state index is 0.872. The molecule has 5 heteroatoms. The normalized spacial score (nSPS) is 14.6. The summed E-state index contributed by atoms with van der Waals surface area (Å²) in [4.78, 5) is 2.46. The van der Waals surface area contributed by atoms with Crippen LogP contribution in [0.4, 0.5) is 11.4 Å².